The van der Waals surface area contributed by atoms with Gasteiger partial charge in [-0.3, -0.25) is 0 Å². The second kappa shape index (κ2) is 14.3. The quantitative estimate of drug-likeness (QED) is 0.341. The van der Waals surface area contributed by atoms with Gasteiger partial charge in [-0.05, 0) is 6.42 Å². The molecule has 2 unspecified atom stereocenters. The Hall–Kier alpha value is -0.280. The molecule has 22 heavy (non-hydrogen) atoms. The minimum Gasteiger partial charge on any atom is -0.382 e. The van der Waals surface area contributed by atoms with Gasteiger partial charge in [0, 0.05) is 27.4 Å². The van der Waals surface area contributed by atoms with Crippen LogP contribution in [0.4, 0.5) is 0 Å². The molecule has 0 saturated carbocycles. The van der Waals surface area contributed by atoms with Crippen molar-refractivity contribution in [3.05, 3.63) is 0 Å². The molecule has 0 aliphatic carbocycles. The molecule has 0 amide bonds. The summed E-state index contributed by atoms with van der Waals surface area (Å²) in [6.07, 6.45) is 1.71. The molecular weight excluding hydrogens is 292 g/mol. The van der Waals surface area contributed by atoms with E-state index in [2.05, 4.69) is 0 Å². The summed E-state index contributed by atoms with van der Waals surface area (Å²) in [6.45, 7) is 7.36. The lowest BCUT2D eigenvalue weighted by Gasteiger charge is -2.04. The Morgan fingerprint density at radius 1 is 0.682 bits per heavy atom. The summed E-state index contributed by atoms with van der Waals surface area (Å²) in [6, 6.07) is 0. The van der Waals surface area contributed by atoms with Gasteiger partial charge in [-0.2, -0.15) is 0 Å². The van der Waals surface area contributed by atoms with Crippen LogP contribution in [0.5, 0.6) is 0 Å². The SMILES string of the molecule is C(OCC1CO1)C1CO1.COCCOCCCOCCOC. The van der Waals surface area contributed by atoms with E-state index >= 15 is 0 Å². The molecule has 2 atom stereocenters. The molecule has 7 heteroatoms. The molecule has 0 spiro atoms. The molecule has 2 saturated heterocycles. The van der Waals surface area contributed by atoms with Gasteiger partial charge in [-0.1, -0.05) is 0 Å². The largest absolute Gasteiger partial charge is 0.382 e. The van der Waals surface area contributed by atoms with Gasteiger partial charge in [0.2, 0.25) is 0 Å². The Bertz CT molecular complexity index is 210. The van der Waals surface area contributed by atoms with Crippen molar-refractivity contribution in [1.82, 2.24) is 0 Å². The lowest BCUT2D eigenvalue weighted by atomic mass is 10.5. The van der Waals surface area contributed by atoms with Crippen molar-refractivity contribution in [2.24, 2.45) is 0 Å². The zero-order valence-electron chi connectivity index (χ0n) is 13.8. The van der Waals surface area contributed by atoms with Gasteiger partial charge in [0.05, 0.1) is 52.9 Å². The van der Waals surface area contributed by atoms with Gasteiger partial charge in [0.25, 0.3) is 0 Å². The lowest BCUT2D eigenvalue weighted by molar-refractivity contribution is 0.0378. The molecule has 0 radical (unpaired) electrons. The minimum absolute atomic E-state index is 0.392. The first-order valence-corrected chi connectivity index (χ1v) is 7.81. The van der Waals surface area contributed by atoms with E-state index in [0.717, 1.165) is 46.1 Å². The third-order valence-electron chi connectivity index (χ3n) is 2.85. The van der Waals surface area contributed by atoms with Crippen LogP contribution in [0.3, 0.4) is 0 Å². The molecule has 0 aromatic heterocycles. The number of rotatable bonds is 14. The van der Waals surface area contributed by atoms with E-state index in [1.165, 1.54) is 0 Å². The molecular formula is C15H30O7. The Balaban J connectivity index is 0.000000231. The summed E-state index contributed by atoms with van der Waals surface area (Å²) in [4.78, 5) is 0. The lowest BCUT2D eigenvalue weighted by Crippen LogP contribution is -2.07. The van der Waals surface area contributed by atoms with Gasteiger partial charge in [-0.25, -0.2) is 0 Å². The molecule has 2 fully saturated rings. The predicted octanol–water partition coefficient (Wildman–Crippen LogP) is 0.503. The summed E-state index contributed by atoms with van der Waals surface area (Å²) >= 11 is 0. The van der Waals surface area contributed by atoms with Gasteiger partial charge >= 0.3 is 0 Å². The van der Waals surface area contributed by atoms with Crippen LogP contribution in [0.25, 0.3) is 0 Å². The van der Waals surface area contributed by atoms with Crippen molar-refractivity contribution in [3.8, 4) is 0 Å². The second-order valence-electron chi connectivity index (χ2n) is 5.01. The van der Waals surface area contributed by atoms with Crippen LogP contribution in [0.2, 0.25) is 0 Å². The molecule has 0 N–H and O–H groups in total. The second-order valence-corrected chi connectivity index (χ2v) is 5.01. The fourth-order valence-corrected chi connectivity index (χ4v) is 1.41. The zero-order chi connectivity index (χ0) is 15.9. The maximum Gasteiger partial charge on any atom is 0.104 e. The van der Waals surface area contributed by atoms with Crippen molar-refractivity contribution < 1.29 is 33.2 Å². The first kappa shape index (κ1) is 19.8. The highest BCUT2D eigenvalue weighted by atomic mass is 16.6. The topological polar surface area (TPSA) is 71.2 Å². The summed E-state index contributed by atoms with van der Waals surface area (Å²) in [5, 5.41) is 0. The van der Waals surface area contributed by atoms with Crippen LogP contribution in [-0.2, 0) is 33.2 Å². The fraction of sp³-hybridized carbons (Fsp3) is 1.00. The predicted molar refractivity (Wildman–Crippen MR) is 80.3 cm³/mol. The average Bonchev–Trinajstić information content (AvgIpc) is 3.41. The molecule has 0 bridgehead atoms. The first-order chi connectivity index (χ1) is 10.9. The maximum atomic E-state index is 5.24. The number of ether oxygens (including phenoxy) is 7. The van der Waals surface area contributed by atoms with Crippen molar-refractivity contribution in [2.75, 3.05) is 80.3 Å². The van der Waals surface area contributed by atoms with Crippen LogP contribution in [0.15, 0.2) is 0 Å². The summed E-state index contributed by atoms with van der Waals surface area (Å²) in [5.74, 6) is 0. The molecule has 2 aliphatic rings. The van der Waals surface area contributed by atoms with E-state index in [1.807, 2.05) is 0 Å². The Labute approximate surface area is 133 Å². The Kier molecular flexibility index (Phi) is 12.9. The third-order valence-corrected chi connectivity index (χ3v) is 2.85. The molecule has 132 valence electrons. The molecule has 0 aromatic carbocycles. The van der Waals surface area contributed by atoms with Gasteiger partial charge in [-0.15, -0.1) is 0 Å². The van der Waals surface area contributed by atoms with E-state index < -0.39 is 0 Å². The maximum absolute atomic E-state index is 5.24. The van der Waals surface area contributed by atoms with Crippen LogP contribution in [0, 0.1) is 0 Å². The number of epoxide rings is 2. The minimum atomic E-state index is 0.392. The highest BCUT2D eigenvalue weighted by molar-refractivity contribution is 4.71. The van der Waals surface area contributed by atoms with E-state index in [4.69, 9.17) is 33.2 Å². The van der Waals surface area contributed by atoms with Crippen molar-refractivity contribution in [3.63, 3.8) is 0 Å². The zero-order valence-corrected chi connectivity index (χ0v) is 13.8. The van der Waals surface area contributed by atoms with Crippen molar-refractivity contribution in [2.45, 2.75) is 18.6 Å². The van der Waals surface area contributed by atoms with Crippen molar-refractivity contribution >= 4 is 0 Å². The van der Waals surface area contributed by atoms with E-state index in [-0.39, 0.29) is 0 Å². The Morgan fingerprint density at radius 2 is 1.14 bits per heavy atom. The molecule has 0 aromatic rings. The molecule has 7 nitrogen and oxygen atoms in total. The third kappa shape index (κ3) is 14.6. The smallest absolute Gasteiger partial charge is 0.104 e. The summed E-state index contributed by atoms with van der Waals surface area (Å²) in [5.41, 5.74) is 0. The number of hydrogen-bond acceptors (Lipinski definition) is 7. The van der Waals surface area contributed by atoms with Gasteiger partial charge in [0.15, 0.2) is 0 Å². The highest BCUT2D eigenvalue weighted by Gasteiger charge is 2.26. The molecule has 2 heterocycles. The summed E-state index contributed by atoms with van der Waals surface area (Å²) in [7, 11) is 3.33. The Morgan fingerprint density at radius 3 is 1.50 bits per heavy atom. The summed E-state index contributed by atoms with van der Waals surface area (Å²) < 4.78 is 35.3. The van der Waals surface area contributed by atoms with Crippen LogP contribution in [-0.4, -0.2) is 92.5 Å². The first-order valence-electron chi connectivity index (χ1n) is 7.81. The molecule has 2 rings (SSSR count). The normalized spacial score (nSPS) is 22.1. The van der Waals surface area contributed by atoms with Crippen molar-refractivity contribution in [1.29, 1.82) is 0 Å². The van der Waals surface area contributed by atoms with E-state index in [9.17, 15) is 0 Å². The van der Waals surface area contributed by atoms with Crippen LogP contribution < -0.4 is 0 Å². The van der Waals surface area contributed by atoms with Crippen LogP contribution >= 0.6 is 0 Å². The standard InChI is InChI=1S/C9H20O4.C6H10O3/c1-10-6-8-12-4-3-5-13-9-7-11-2;1(5-3-8-5)7-2-6-4-9-6/h3-9H2,1-2H3;5-6H,1-4H2. The van der Waals surface area contributed by atoms with E-state index in [0.29, 0.717) is 38.6 Å². The van der Waals surface area contributed by atoms with Gasteiger partial charge < -0.3 is 33.2 Å². The number of hydrogen-bond donors (Lipinski definition) is 0. The average molecular weight is 322 g/mol. The highest BCUT2D eigenvalue weighted by Crippen LogP contribution is 2.12. The van der Waals surface area contributed by atoms with Crippen LogP contribution in [0.1, 0.15) is 6.42 Å². The van der Waals surface area contributed by atoms with Gasteiger partial charge in [0.1, 0.15) is 12.2 Å². The molecule has 2 aliphatic heterocycles. The fourth-order valence-electron chi connectivity index (χ4n) is 1.41. The van der Waals surface area contributed by atoms with E-state index in [1.54, 1.807) is 14.2 Å². The number of methoxy groups -OCH3 is 2. The monoisotopic (exact) mass is 322 g/mol.